The summed E-state index contributed by atoms with van der Waals surface area (Å²) in [6.45, 7) is 0.775. The Morgan fingerprint density at radius 3 is 2.81 bits per heavy atom. The number of para-hydroxylation sites is 2. The fraction of sp³-hybridized carbons (Fsp3) is 0.333. The van der Waals surface area contributed by atoms with E-state index in [1.165, 1.54) is 7.05 Å². The molecule has 0 saturated heterocycles. The molecule has 8 heteroatoms. The van der Waals surface area contributed by atoms with Gasteiger partial charge in [-0.25, -0.2) is 4.98 Å². The Morgan fingerprint density at radius 2 is 1.97 bits per heavy atom. The van der Waals surface area contributed by atoms with Gasteiger partial charge in [0.2, 0.25) is 0 Å². The minimum absolute atomic E-state index is 0.0534. The molecule has 0 fully saturated rings. The van der Waals surface area contributed by atoms with E-state index >= 15 is 0 Å². The molecule has 164 valence electrons. The minimum atomic E-state index is -0.808. The molecular weight excluding hydrogens is 408 g/mol. The summed E-state index contributed by atoms with van der Waals surface area (Å²) in [5.74, 6) is 0.686. The Morgan fingerprint density at radius 1 is 1.12 bits per heavy atom. The molecule has 1 aromatic heterocycles. The van der Waals surface area contributed by atoms with Gasteiger partial charge in [0, 0.05) is 25.6 Å². The van der Waals surface area contributed by atoms with Gasteiger partial charge in [0.05, 0.1) is 23.1 Å². The first-order chi connectivity index (χ1) is 15.6. The second-order valence-corrected chi connectivity index (χ2v) is 8.13. The van der Waals surface area contributed by atoms with Gasteiger partial charge < -0.3 is 15.0 Å². The molecule has 1 atom stereocenters. The summed E-state index contributed by atoms with van der Waals surface area (Å²) in [4.78, 5) is 45.0. The molecule has 2 aromatic carbocycles. The average Bonchev–Trinajstić information content (AvgIpc) is 3.08. The van der Waals surface area contributed by atoms with Gasteiger partial charge in [0.15, 0.2) is 6.10 Å². The lowest BCUT2D eigenvalue weighted by atomic mass is 10.1. The molecule has 3 heterocycles. The Labute approximate surface area is 184 Å². The molecule has 0 aliphatic carbocycles. The highest BCUT2D eigenvalue weighted by Gasteiger charge is 2.34. The molecule has 2 aliphatic heterocycles. The normalized spacial score (nSPS) is 17.7. The van der Waals surface area contributed by atoms with E-state index in [1.807, 2.05) is 6.07 Å². The minimum Gasteiger partial charge on any atom is -0.477 e. The Hall–Kier alpha value is -3.68. The zero-order chi connectivity index (χ0) is 22.2. The van der Waals surface area contributed by atoms with Gasteiger partial charge in [-0.3, -0.25) is 19.0 Å². The van der Waals surface area contributed by atoms with Crippen molar-refractivity contribution in [1.82, 2.24) is 14.9 Å². The first-order valence-electron chi connectivity index (χ1n) is 10.9. The van der Waals surface area contributed by atoms with Crippen LogP contribution in [0.4, 0.5) is 5.69 Å². The quantitative estimate of drug-likeness (QED) is 0.671. The Balaban J connectivity index is 1.55. The van der Waals surface area contributed by atoms with Crippen molar-refractivity contribution in [2.45, 2.75) is 38.3 Å². The highest BCUT2D eigenvalue weighted by atomic mass is 16.5. The van der Waals surface area contributed by atoms with Crippen LogP contribution in [0.15, 0.2) is 47.3 Å². The van der Waals surface area contributed by atoms with Crippen molar-refractivity contribution in [2.24, 2.45) is 0 Å². The lowest BCUT2D eigenvalue weighted by molar-refractivity contribution is -0.127. The predicted octanol–water partition coefficient (Wildman–Crippen LogP) is 2.28. The highest BCUT2D eigenvalue weighted by Crippen LogP contribution is 2.34. The molecule has 3 aromatic rings. The van der Waals surface area contributed by atoms with Crippen molar-refractivity contribution >= 4 is 28.4 Å². The number of nitrogens with zero attached hydrogens (tertiary/aromatic N) is 3. The predicted molar refractivity (Wildman–Crippen MR) is 120 cm³/mol. The molecular formula is C24H24N4O4. The lowest BCUT2D eigenvalue weighted by Gasteiger charge is -2.34. The monoisotopic (exact) mass is 432 g/mol. The largest absolute Gasteiger partial charge is 0.477 e. The van der Waals surface area contributed by atoms with Crippen molar-refractivity contribution < 1.29 is 14.3 Å². The number of fused-ring (bicyclic) bond motifs is 3. The van der Waals surface area contributed by atoms with Crippen LogP contribution in [0.25, 0.3) is 10.9 Å². The Bertz CT molecular complexity index is 1280. The SMILES string of the molecule is CNC(=O)C1CN(C(=O)c2ccc3c(=O)n4c(nc3c2)CCCCC4)c2ccccc2O1. The van der Waals surface area contributed by atoms with Crippen LogP contribution in [0, 0.1) is 0 Å². The number of ether oxygens (including phenoxy) is 1. The molecule has 2 amide bonds. The summed E-state index contributed by atoms with van der Waals surface area (Å²) in [5.41, 5.74) is 1.49. The van der Waals surface area contributed by atoms with Gasteiger partial charge in [0.1, 0.15) is 11.6 Å². The van der Waals surface area contributed by atoms with Crippen molar-refractivity contribution in [3.63, 3.8) is 0 Å². The van der Waals surface area contributed by atoms with Crippen LogP contribution in [0.1, 0.15) is 35.4 Å². The molecule has 2 aliphatic rings. The van der Waals surface area contributed by atoms with Crippen LogP contribution in [0.5, 0.6) is 5.75 Å². The molecule has 32 heavy (non-hydrogen) atoms. The number of rotatable bonds is 2. The van der Waals surface area contributed by atoms with Crippen molar-refractivity contribution in [1.29, 1.82) is 0 Å². The summed E-state index contributed by atoms with van der Waals surface area (Å²) in [7, 11) is 1.54. The molecule has 0 bridgehead atoms. The van der Waals surface area contributed by atoms with E-state index in [2.05, 4.69) is 5.32 Å². The van der Waals surface area contributed by atoms with Crippen LogP contribution in [-0.2, 0) is 17.8 Å². The van der Waals surface area contributed by atoms with Gasteiger partial charge in [-0.05, 0) is 43.2 Å². The first-order valence-corrected chi connectivity index (χ1v) is 10.9. The van der Waals surface area contributed by atoms with Gasteiger partial charge in [0.25, 0.3) is 17.4 Å². The summed E-state index contributed by atoms with van der Waals surface area (Å²) in [6.07, 6.45) is 3.00. The highest BCUT2D eigenvalue weighted by molar-refractivity contribution is 6.09. The van der Waals surface area contributed by atoms with E-state index in [0.717, 1.165) is 31.5 Å². The number of carbonyl (C=O) groups is 2. The third-order valence-electron chi connectivity index (χ3n) is 6.12. The fourth-order valence-electron chi connectivity index (χ4n) is 4.43. The lowest BCUT2D eigenvalue weighted by Crippen LogP contribution is -2.50. The maximum atomic E-state index is 13.5. The number of likely N-dealkylation sites (N-methyl/N-ethyl adjacent to an activating group) is 1. The van der Waals surface area contributed by atoms with Crippen LogP contribution in [0.3, 0.4) is 0 Å². The van der Waals surface area contributed by atoms with Crippen molar-refractivity contribution in [3.05, 3.63) is 64.2 Å². The third kappa shape index (κ3) is 3.41. The maximum Gasteiger partial charge on any atom is 0.262 e. The van der Waals surface area contributed by atoms with E-state index < -0.39 is 6.10 Å². The number of amides is 2. The fourth-order valence-corrected chi connectivity index (χ4v) is 4.43. The molecule has 0 radical (unpaired) electrons. The summed E-state index contributed by atoms with van der Waals surface area (Å²) >= 11 is 0. The van der Waals surface area contributed by atoms with Gasteiger partial charge in [-0.1, -0.05) is 18.6 Å². The number of nitrogens with one attached hydrogen (secondary N) is 1. The summed E-state index contributed by atoms with van der Waals surface area (Å²) < 4.78 is 7.57. The number of benzene rings is 2. The second kappa shape index (κ2) is 8.11. The smallest absolute Gasteiger partial charge is 0.262 e. The molecule has 5 rings (SSSR count). The van der Waals surface area contributed by atoms with E-state index in [0.29, 0.717) is 34.4 Å². The second-order valence-electron chi connectivity index (χ2n) is 8.13. The van der Waals surface area contributed by atoms with E-state index in [9.17, 15) is 14.4 Å². The van der Waals surface area contributed by atoms with Gasteiger partial charge in [-0.2, -0.15) is 0 Å². The van der Waals surface area contributed by atoms with Crippen molar-refractivity contribution in [3.8, 4) is 5.75 Å². The third-order valence-corrected chi connectivity index (χ3v) is 6.12. The molecule has 0 spiro atoms. The average molecular weight is 432 g/mol. The van der Waals surface area contributed by atoms with E-state index in [4.69, 9.17) is 9.72 Å². The number of hydrogen-bond donors (Lipinski definition) is 1. The standard InChI is InChI=1S/C24H24N4O4/c1-25-22(29)20-14-28(18-7-4-5-8-19(18)32-20)23(30)15-10-11-16-17(13-15)26-21-9-3-2-6-12-27(21)24(16)31/h4-5,7-8,10-11,13,20H,2-3,6,9,12,14H2,1H3,(H,25,29). The number of aromatic nitrogens is 2. The van der Waals surface area contributed by atoms with E-state index in [-0.39, 0.29) is 23.9 Å². The number of hydrogen-bond acceptors (Lipinski definition) is 5. The van der Waals surface area contributed by atoms with Gasteiger partial charge >= 0.3 is 0 Å². The van der Waals surface area contributed by atoms with Crippen LogP contribution >= 0.6 is 0 Å². The van der Waals surface area contributed by atoms with Crippen LogP contribution in [0.2, 0.25) is 0 Å². The summed E-state index contributed by atoms with van der Waals surface area (Å²) in [6, 6.07) is 12.2. The Kier molecular flexibility index (Phi) is 5.13. The first kappa shape index (κ1) is 20.2. The number of aryl methyl sites for hydroxylation is 1. The number of anilines is 1. The molecule has 0 saturated carbocycles. The maximum absolute atomic E-state index is 13.5. The molecule has 1 unspecified atom stereocenters. The zero-order valence-corrected chi connectivity index (χ0v) is 17.8. The zero-order valence-electron chi connectivity index (χ0n) is 17.8. The van der Waals surface area contributed by atoms with Gasteiger partial charge in [-0.15, -0.1) is 0 Å². The van der Waals surface area contributed by atoms with Crippen LogP contribution < -0.4 is 20.5 Å². The van der Waals surface area contributed by atoms with E-state index in [1.54, 1.807) is 45.9 Å². The van der Waals surface area contributed by atoms with Crippen molar-refractivity contribution in [2.75, 3.05) is 18.5 Å². The topological polar surface area (TPSA) is 93.5 Å². The molecule has 1 N–H and O–H groups in total. The summed E-state index contributed by atoms with van der Waals surface area (Å²) in [5, 5.41) is 3.09. The molecule has 8 nitrogen and oxygen atoms in total. The number of carbonyl (C=O) groups excluding carboxylic acids is 2. The van der Waals surface area contributed by atoms with Crippen LogP contribution in [-0.4, -0.2) is 41.1 Å².